The molecule has 0 saturated carbocycles. The minimum atomic E-state index is -0.797. The summed E-state index contributed by atoms with van der Waals surface area (Å²) >= 11 is 1.41. The average Bonchev–Trinajstić information content (AvgIpc) is 2.76. The fraction of sp³-hybridized carbons (Fsp3) is 0.211. The quantitative estimate of drug-likeness (QED) is 0.314. The van der Waals surface area contributed by atoms with Gasteiger partial charge in [0.25, 0.3) is 0 Å². The lowest BCUT2D eigenvalue weighted by atomic mass is 10.1. The summed E-state index contributed by atoms with van der Waals surface area (Å²) in [5.41, 5.74) is 2.05. The number of rotatable bonds is 6. The molecule has 0 aliphatic rings. The molecule has 0 unspecified atom stereocenters. The van der Waals surface area contributed by atoms with Crippen molar-refractivity contribution in [1.82, 2.24) is 0 Å². The Balaban J connectivity index is 2.37. The minimum absolute atomic E-state index is 0.200. The minimum Gasteiger partial charge on any atom is -0.465 e. The molecule has 0 aromatic heterocycles. The first-order valence-corrected chi connectivity index (χ1v) is 9.40. The van der Waals surface area contributed by atoms with Crippen LogP contribution >= 0.6 is 11.8 Å². The third-order valence-corrected chi connectivity index (χ3v) is 4.42. The number of nitrogens with one attached hydrogen (secondary N) is 1. The Bertz CT molecular complexity index is 927. The van der Waals surface area contributed by atoms with Gasteiger partial charge in [-0.1, -0.05) is 5.11 Å². The lowest BCUT2D eigenvalue weighted by molar-refractivity contribution is 0.0599. The van der Waals surface area contributed by atoms with Gasteiger partial charge in [0.1, 0.15) is 0 Å². The van der Waals surface area contributed by atoms with E-state index in [1.165, 1.54) is 39.2 Å². The van der Waals surface area contributed by atoms with Gasteiger partial charge in [0.15, 0.2) is 0 Å². The number of anilines is 2. The van der Waals surface area contributed by atoms with Crippen LogP contribution in [0.2, 0.25) is 0 Å². The number of hydrogen-bond donors (Lipinski definition) is 1. The SMILES string of the molecule is COC(=O)N=Nc1ccc(Nc2cc(C(=O)OC)cc(C(=O)OC)c2)cc1SC. The van der Waals surface area contributed by atoms with E-state index in [9.17, 15) is 14.4 Å². The van der Waals surface area contributed by atoms with Crippen LogP contribution in [0.5, 0.6) is 0 Å². The molecule has 9 nitrogen and oxygen atoms in total. The first kappa shape index (κ1) is 21.9. The van der Waals surface area contributed by atoms with Crippen molar-refractivity contribution in [3.8, 4) is 0 Å². The molecule has 0 radical (unpaired) electrons. The van der Waals surface area contributed by atoms with Crippen LogP contribution in [-0.4, -0.2) is 45.6 Å². The molecule has 0 spiro atoms. The van der Waals surface area contributed by atoms with E-state index in [1.54, 1.807) is 30.3 Å². The van der Waals surface area contributed by atoms with Gasteiger partial charge >= 0.3 is 18.0 Å². The van der Waals surface area contributed by atoms with Crippen LogP contribution in [0.4, 0.5) is 21.9 Å². The normalized spacial score (nSPS) is 10.5. The second-order valence-corrected chi connectivity index (χ2v) is 6.31. The summed E-state index contributed by atoms with van der Waals surface area (Å²) in [4.78, 5) is 35.7. The molecule has 0 saturated heterocycles. The van der Waals surface area contributed by atoms with E-state index in [2.05, 4.69) is 20.3 Å². The Morgan fingerprint density at radius 3 is 2.00 bits per heavy atom. The van der Waals surface area contributed by atoms with Crippen LogP contribution in [-0.2, 0) is 14.2 Å². The molecule has 2 aromatic rings. The Hall–Kier alpha value is -3.40. The first-order chi connectivity index (χ1) is 13.9. The Morgan fingerprint density at radius 1 is 0.862 bits per heavy atom. The summed E-state index contributed by atoms with van der Waals surface area (Å²) < 4.78 is 13.9. The number of benzene rings is 2. The second-order valence-electron chi connectivity index (χ2n) is 5.46. The molecule has 152 valence electrons. The molecular formula is C19H19N3O6S. The molecule has 0 fully saturated rings. The number of nitrogens with zero attached hydrogens (tertiary/aromatic N) is 2. The maximum absolute atomic E-state index is 11.9. The van der Waals surface area contributed by atoms with E-state index in [-0.39, 0.29) is 11.1 Å². The number of esters is 2. The van der Waals surface area contributed by atoms with Gasteiger partial charge in [0.05, 0.1) is 38.1 Å². The van der Waals surface area contributed by atoms with Gasteiger partial charge in [-0.05, 0) is 42.7 Å². The Labute approximate surface area is 171 Å². The van der Waals surface area contributed by atoms with E-state index in [0.29, 0.717) is 17.1 Å². The third kappa shape index (κ3) is 5.79. The van der Waals surface area contributed by atoms with Gasteiger partial charge in [-0.15, -0.1) is 16.9 Å². The summed E-state index contributed by atoms with van der Waals surface area (Å²) in [7, 11) is 3.73. The topological polar surface area (TPSA) is 116 Å². The molecule has 0 bridgehead atoms. The number of methoxy groups -OCH3 is 3. The summed E-state index contributed by atoms with van der Waals surface area (Å²) in [6.45, 7) is 0. The van der Waals surface area contributed by atoms with E-state index in [0.717, 1.165) is 4.90 Å². The zero-order valence-electron chi connectivity index (χ0n) is 16.2. The van der Waals surface area contributed by atoms with Crippen LogP contribution in [0.15, 0.2) is 51.5 Å². The van der Waals surface area contributed by atoms with Crippen molar-refractivity contribution in [2.75, 3.05) is 32.9 Å². The van der Waals surface area contributed by atoms with Crippen LogP contribution < -0.4 is 5.32 Å². The van der Waals surface area contributed by atoms with Gasteiger partial charge in [0, 0.05) is 16.3 Å². The van der Waals surface area contributed by atoms with Crippen LogP contribution in [0.1, 0.15) is 20.7 Å². The maximum atomic E-state index is 11.9. The molecule has 0 aliphatic carbocycles. The van der Waals surface area contributed by atoms with Gasteiger partial charge in [0.2, 0.25) is 0 Å². The Morgan fingerprint density at radius 2 is 1.48 bits per heavy atom. The van der Waals surface area contributed by atoms with Gasteiger partial charge in [-0.2, -0.15) is 0 Å². The number of carbonyl (C=O) groups excluding carboxylic acids is 3. The van der Waals surface area contributed by atoms with Crippen molar-refractivity contribution >= 4 is 46.9 Å². The fourth-order valence-electron chi connectivity index (χ4n) is 2.31. The van der Waals surface area contributed by atoms with Crippen molar-refractivity contribution < 1.29 is 28.6 Å². The number of ether oxygens (including phenoxy) is 3. The summed E-state index contributed by atoms with van der Waals surface area (Å²) in [5, 5.41) is 10.4. The molecule has 0 aliphatic heterocycles. The zero-order valence-corrected chi connectivity index (χ0v) is 17.0. The lowest BCUT2D eigenvalue weighted by Crippen LogP contribution is -2.07. The number of carbonyl (C=O) groups is 3. The van der Waals surface area contributed by atoms with E-state index in [4.69, 9.17) is 9.47 Å². The van der Waals surface area contributed by atoms with Crippen molar-refractivity contribution in [3.63, 3.8) is 0 Å². The highest BCUT2D eigenvalue weighted by molar-refractivity contribution is 7.98. The molecule has 10 heteroatoms. The van der Waals surface area contributed by atoms with Gasteiger partial charge in [-0.3, -0.25) is 0 Å². The standard InChI is InChI=1S/C19H19N3O6S/c1-26-17(23)11-7-12(18(24)27-2)9-14(8-11)20-13-5-6-15(16(10-13)29-4)21-22-19(25)28-3/h5-10,20H,1-4H3. The third-order valence-electron chi connectivity index (χ3n) is 3.66. The molecular weight excluding hydrogens is 398 g/mol. The number of hydrogen-bond acceptors (Lipinski definition) is 9. The molecule has 2 aromatic carbocycles. The zero-order chi connectivity index (χ0) is 21.4. The Kier molecular flexibility index (Phi) is 7.72. The predicted molar refractivity (Wildman–Crippen MR) is 108 cm³/mol. The molecule has 0 heterocycles. The van der Waals surface area contributed by atoms with Crippen LogP contribution in [0, 0.1) is 0 Å². The molecule has 1 N–H and O–H groups in total. The van der Waals surface area contributed by atoms with Crippen molar-refractivity contribution in [2.24, 2.45) is 10.2 Å². The van der Waals surface area contributed by atoms with Crippen LogP contribution in [0.3, 0.4) is 0 Å². The van der Waals surface area contributed by atoms with Crippen molar-refractivity contribution in [1.29, 1.82) is 0 Å². The summed E-state index contributed by atoms with van der Waals surface area (Å²) in [5.74, 6) is -1.16. The monoisotopic (exact) mass is 417 g/mol. The largest absolute Gasteiger partial charge is 0.465 e. The van der Waals surface area contributed by atoms with Crippen molar-refractivity contribution in [3.05, 3.63) is 47.5 Å². The predicted octanol–water partition coefficient (Wildman–Crippen LogP) is 4.58. The highest BCUT2D eigenvalue weighted by Gasteiger charge is 2.14. The maximum Gasteiger partial charge on any atom is 0.452 e. The van der Waals surface area contributed by atoms with Gasteiger partial charge in [-0.25, -0.2) is 14.4 Å². The number of amides is 1. The second kappa shape index (κ2) is 10.2. The highest BCUT2D eigenvalue weighted by atomic mass is 32.2. The lowest BCUT2D eigenvalue weighted by Gasteiger charge is -2.12. The van der Waals surface area contributed by atoms with Crippen LogP contribution in [0.25, 0.3) is 0 Å². The smallest absolute Gasteiger partial charge is 0.452 e. The summed E-state index contributed by atoms with van der Waals surface area (Å²) in [6, 6.07) is 9.69. The van der Waals surface area contributed by atoms with E-state index >= 15 is 0 Å². The molecule has 0 atom stereocenters. The number of azo groups is 1. The first-order valence-electron chi connectivity index (χ1n) is 8.18. The fourth-order valence-corrected chi connectivity index (χ4v) is 2.87. The average molecular weight is 417 g/mol. The molecule has 29 heavy (non-hydrogen) atoms. The van der Waals surface area contributed by atoms with Gasteiger partial charge < -0.3 is 19.5 Å². The van der Waals surface area contributed by atoms with E-state index < -0.39 is 18.0 Å². The molecule has 1 amide bonds. The van der Waals surface area contributed by atoms with E-state index in [1.807, 2.05) is 6.26 Å². The van der Waals surface area contributed by atoms with Crippen molar-refractivity contribution in [2.45, 2.75) is 4.90 Å². The molecule has 2 rings (SSSR count). The summed E-state index contributed by atoms with van der Waals surface area (Å²) in [6.07, 6.45) is 1.05. The number of thioether (sulfide) groups is 1. The highest BCUT2D eigenvalue weighted by Crippen LogP contribution is 2.32.